The fourth-order valence-electron chi connectivity index (χ4n) is 3.90. The third-order valence-electron chi connectivity index (χ3n) is 6.19. The standard InChI is InChI=1S/C27H36N10O6/c28-11-1-2-12-30-20(38)10-9-19(26(42)43)35-21(39)4-3-13-31-24(40)16-5-7-17(8-6-16)32-14-18-15-33-23-22(34-18)25(41)37-27(29)36-23/h5-8,15,19,32H,1-4,9-14,28H2,(H,30,38)(H,31,40)(H,35,39)(H,42,43)(H3,29,33,36,37,41). The summed E-state index contributed by atoms with van der Waals surface area (Å²) in [5.41, 5.74) is 12.9. The van der Waals surface area contributed by atoms with Crippen molar-refractivity contribution in [2.45, 2.75) is 51.1 Å². The largest absolute Gasteiger partial charge is 0.492 e. The fraction of sp³-hybridized carbons (Fsp3) is 0.407. The third kappa shape index (κ3) is 10.7. The molecule has 0 aliphatic carbocycles. The van der Waals surface area contributed by atoms with Gasteiger partial charge in [0.1, 0.15) is 6.04 Å². The van der Waals surface area contributed by atoms with E-state index in [2.05, 4.69) is 41.2 Å². The number of aromatic hydroxyl groups is 1. The van der Waals surface area contributed by atoms with Crippen LogP contribution in [0.2, 0.25) is 0 Å². The van der Waals surface area contributed by atoms with Crippen LogP contribution in [0.15, 0.2) is 30.5 Å². The predicted octanol–water partition coefficient (Wildman–Crippen LogP) is 0.0344. The maximum Gasteiger partial charge on any atom is 0.326 e. The molecule has 0 saturated heterocycles. The van der Waals surface area contributed by atoms with E-state index >= 15 is 0 Å². The van der Waals surface area contributed by atoms with Crippen LogP contribution >= 0.6 is 0 Å². The molecule has 230 valence electrons. The van der Waals surface area contributed by atoms with Crippen molar-refractivity contribution in [3.63, 3.8) is 0 Å². The number of anilines is 2. The van der Waals surface area contributed by atoms with Crippen LogP contribution in [-0.2, 0) is 20.9 Å². The highest BCUT2D eigenvalue weighted by Crippen LogP contribution is 2.19. The van der Waals surface area contributed by atoms with Gasteiger partial charge in [0.25, 0.3) is 5.91 Å². The zero-order chi connectivity index (χ0) is 31.2. The van der Waals surface area contributed by atoms with Crippen molar-refractivity contribution in [1.29, 1.82) is 0 Å². The van der Waals surface area contributed by atoms with Gasteiger partial charge in [-0.25, -0.2) is 14.8 Å². The highest BCUT2D eigenvalue weighted by atomic mass is 16.4. The van der Waals surface area contributed by atoms with Crippen LogP contribution in [0, 0.1) is 0 Å². The number of carboxylic acid groups (broad SMARTS) is 1. The molecule has 0 saturated carbocycles. The summed E-state index contributed by atoms with van der Waals surface area (Å²) in [5.74, 6) is -2.78. The summed E-state index contributed by atoms with van der Waals surface area (Å²) in [6.07, 6.45) is 3.26. The molecule has 0 aliphatic heterocycles. The Bertz CT molecular complexity index is 1420. The van der Waals surface area contributed by atoms with Gasteiger partial charge in [0, 0.05) is 37.2 Å². The molecule has 3 rings (SSSR count). The number of benzene rings is 1. The number of nitrogens with zero attached hydrogens (tertiary/aromatic N) is 4. The van der Waals surface area contributed by atoms with Gasteiger partial charge in [-0.1, -0.05) is 0 Å². The van der Waals surface area contributed by atoms with Crippen LogP contribution in [0.5, 0.6) is 5.88 Å². The Kier molecular flexibility index (Phi) is 12.3. The summed E-state index contributed by atoms with van der Waals surface area (Å²) in [6.45, 7) is 1.49. The molecule has 10 N–H and O–H groups in total. The number of hydrogen-bond donors (Lipinski definition) is 8. The van der Waals surface area contributed by atoms with E-state index in [1.165, 1.54) is 6.20 Å². The van der Waals surface area contributed by atoms with E-state index in [0.29, 0.717) is 36.5 Å². The molecule has 0 fully saturated rings. The van der Waals surface area contributed by atoms with E-state index < -0.39 is 17.9 Å². The minimum atomic E-state index is -1.22. The first-order valence-electron chi connectivity index (χ1n) is 13.8. The number of nitrogen functional groups attached to an aromatic ring is 1. The number of carbonyl (C=O) groups excluding carboxylic acids is 3. The summed E-state index contributed by atoms with van der Waals surface area (Å²) < 4.78 is 0. The van der Waals surface area contributed by atoms with Crippen LogP contribution < -0.4 is 32.7 Å². The van der Waals surface area contributed by atoms with Crippen molar-refractivity contribution >= 4 is 46.5 Å². The van der Waals surface area contributed by atoms with Gasteiger partial charge in [-0.05, 0) is 56.5 Å². The predicted molar refractivity (Wildman–Crippen MR) is 157 cm³/mol. The quantitative estimate of drug-likeness (QED) is 0.0958. The lowest BCUT2D eigenvalue weighted by Crippen LogP contribution is -2.41. The van der Waals surface area contributed by atoms with Gasteiger partial charge in [-0.15, -0.1) is 0 Å². The van der Waals surface area contributed by atoms with Gasteiger partial charge in [0.15, 0.2) is 11.2 Å². The van der Waals surface area contributed by atoms with E-state index in [0.717, 1.165) is 12.8 Å². The molecule has 0 aliphatic rings. The fourth-order valence-corrected chi connectivity index (χ4v) is 3.90. The van der Waals surface area contributed by atoms with Gasteiger partial charge in [-0.2, -0.15) is 9.97 Å². The summed E-state index contributed by atoms with van der Waals surface area (Å²) in [5, 5.41) is 30.3. The van der Waals surface area contributed by atoms with E-state index in [1.807, 2.05) is 0 Å². The van der Waals surface area contributed by atoms with Crippen LogP contribution in [-0.4, -0.2) is 79.5 Å². The molecule has 3 amide bonds. The Labute approximate surface area is 247 Å². The first kappa shape index (κ1) is 32.4. The second-order valence-corrected chi connectivity index (χ2v) is 9.57. The Balaban J connectivity index is 1.36. The zero-order valence-corrected chi connectivity index (χ0v) is 23.5. The lowest BCUT2D eigenvalue weighted by Gasteiger charge is -2.14. The molecular formula is C27H36N10O6. The number of unbranched alkanes of at least 4 members (excludes halogenated alkanes) is 1. The number of rotatable bonds is 17. The Hall–Kier alpha value is -5.12. The Morgan fingerprint density at radius 2 is 1.65 bits per heavy atom. The maximum absolute atomic E-state index is 12.5. The highest BCUT2D eigenvalue weighted by molar-refractivity contribution is 5.94. The number of fused-ring (bicyclic) bond motifs is 1. The van der Waals surface area contributed by atoms with Crippen LogP contribution in [0.1, 0.15) is 54.6 Å². The molecule has 16 nitrogen and oxygen atoms in total. The average Bonchev–Trinajstić information content (AvgIpc) is 2.98. The summed E-state index contributed by atoms with van der Waals surface area (Å²) in [6, 6.07) is 5.50. The van der Waals surface area contributed by atoms with Gasteiger partial charge in [-0.3, -0.25) is 14.4 Å². The molecule has 3 aromatic rings. The van der Waals surface area contributed by atoms with Crippen molar-refractivity contribution < 1.29 is 29.4 Å². The van der Waals surface area contributed by atoms with Crippen LogP contribution in [0.25, 0.3) is 11.2 Å². The van der Waals surface area contributed by atoms with Crippen molar-refractivity contribution in [2.24, 2.45) is 5.73 Å². The number of nitrogens with two attached hydrogens (primary N) is 2. The third-order valence-corrected chi connectivity index (χ3v) is 6.19. The number of carbonyl (C=O) groups is 4. The first-order chi connectivity index (χ1) is 20.7. The van der Waals surface area contributed by atoms with E-state index in [9.17, 15) is 29.4 Å². The first-order valence-corrected chi connectivity index (χ1v) is 13.8. The van der Waals surface area contributed by atoms with Crippen LogP contribution in [0.3, 0.4) is 0 Å². The lowest BCUT2D eigenvalue weighted by molar-refractivity contribution is -0.142. The lowest BCUT2D eigenvalue weighted by atomic mass is 10.1. The van der Waals surface area contributed by atoms with Crippen molar-refractivity contribution in [1.82, 2.24) is 35.9 Å². The minimum absolute atomic E-state index is 0.00710. The second kappa shape index (κ2) is 16.4. The molecular weight excluding hydrogens is 560 g/mol. The van der Waals surface area contributed by atoms with Crippen molar-refractivity contribution in [2.75, 3.05) is 30.7 Å². The number of nitrogens with one attached hydrogen (secondary N) is 4. The average molecular weight is 597 g/mol. The van der Waals surface area contributed by atoms with Gasteiger partial charge >= 0.3 is 5.97 Å². The van der Waals surface area contributed by atoms with Gasteiger partial charge in [0.05, 0.1) is 18.4 Å². The summed E-state index contributed by atoms with van der Waals surface area (Å²) in [4.78, 5) is 64.1. The van der Waals surface area contributed by atoms with Crippen molar-refractivity contribution in [3.8, 4) is 5.88 Å². The normalized spacial score (nSPS) is 11.5. The van der Waals surface area contributed by atoms with E-state index in [1.54, 1.807) is 24.3 Å². The van der Waals surface area contributed by atoms with E-state index in [4.69, 9.17) is 11.5 Å². The van der Waals surface area contributed by atoms with Gasteiger partial charge < -0.3 is 42.9 Å². The van der Waals surface area contributed by atoms with Crippen LogP contribution in [0.4, 0.5) is 11.6 Å². The van der Waals surface area contributed by atoms with Gasteiger partial charge in [0.2, 0.25) is 23.6 Å². The summed E-state index contributed by atoms with van der Waals surface area (Å²) in [7, 11) is 0. The molecule has 2 heterocycles. The molecule has 1 aromatic carbocycles. The molecule has 2 aromatic heterocycles. The molecule has 43 heavy (non-hydrogen) atoms. The Morgan fingerprint density at radius 1 is 0.907 bits per heavy atom. The maximum atomic E-state index is 12.5. The smallest absolute Gasteiger partial charge is 0.326 e. The molecule has 1 unspecified atom stereocenters. The molecule has 0 radical (unpaired) electrons. The summed E-state index contributed by atoms with van der Waals surface area (Å²) >= 11 is 0. The monoisotopic (exact) mass is 596 g/mol. The van der Waals surface area contributed by atoms with Crippen molar-refractivity contribution in [3.05, 3.63) is 41.7 Å². The minimum Gasteiger partial charge on any atom is -0.492 e. The molecule has 16 heteroatoms. The SMILES string of the molecule is NCCCCNC(=O)CCC(NC(=O)CCCNC(=O)c1ccc(NCc2cnc3nc(N)nc(O)c3n2)cc1)C(=O)O. The van der Waals surface area contributed by atoms with E-state index in [-0.39, 0.29) is 67.2 Å². The topological polar surface area (TPSA) is 260 Å². The molecule has 0 spiro atoms. The number of aliphatic carboxylic acids is 1. The molecule has 1 atom stereocenters. The Morgan fingerprint density at radius 3 is 2.37 bits per heavy atom. The highest BCUT2D eigenvalue weighted by Gasteiger charge is 2.21. The molecule has 0 bridgehead atoms. The number of amides is 3. The number of carboxylic acids is 1. The zero-order valence-electron chi connectivity index (χ0n) is 23.5. The number of hydrogen-bond acceptors (Lipinski definition) is 12. The number of aromatic nitrogens is 4. The second-order valence-electron chi connectivity index (χ2n) is 9.57.